The van der Waals surface area contributed by atoms with E-state index in [2.05, 4.69) is 27.2 Å². The molecule has 3 rings (SSSR count). The van der Waals surface area contributed by atoms with Crippen molar-refractivity contribution in [2.24, 2.45) is 5.73 Å². The van der Waals surface area contributed by atoms with E-state index in [0.29, 0.717) is 11.8 Å². The molecular formula is C16H22N4O. The van der Waals surface area contributed by atoms with Gasteiger partial charge < -0.3 is 15.2 Å². The lowest BCUT2D eigenvalue weighted by Crippen LogP contribution is -2.30. The van der Waals surface area contributed by atoms with Crippen molar-refractivity contribution in [2.45, 2.75) is 38.1 Å². The highest BCUT2D eigenvalue weighted by molar-refractivity contribution is 5.28. The summed E-state index contributed by atoms with van der Waals surface area (Å²) in [5.74, 6) is 1.24. The van der Waals surface area contributed by atoms with Crippen molar-refractivity contribution in [3.05, 3.63) is 41.8 Å². The standard InChI is InChI=1S/C16H22N4O/c17-14(10-9-13-7-3-1-4-8-13)15-18-16(19-21-15)20-11-5-2-6-12-20/h1,3-4,7-8,14H,2,5-6,9-12,17H2. The lowest BCUT2D eigenvalue weighted by molar-refractivity contribution is 0.347. The maximum absolute atomic E-state index is 6.17. The van der Waals surface area contributed by atoms with E-state index >= 15 is 0 Å². The molecule has 1 aliphatic rings. The first-order chi connectivity index (χ1) is 10.3. The molecule has 2 heterocycles. The fraction of sp³-hybridized carbons (Fsp3) is 0.500. The van der Waals surface area contributed by atoms with Crippen LogP contribution >= 0.6 is 0 Å². The minimum Gasteiger partial charge on any atom is -0.338 e. The van der Waals surface area contributed by atoms with E-state index < -0.39 is 0 Å². The van der Waals surface area contributed by atoms with Crippen LogP contribution in [0.1, 0.15) is 43.2 Å². The van der Waals surface area contributed by atoms with Crippen molar-refractivity contribution < 1.29 is 4.52 Å². The Bertz CT molecular complexity index is 548. The summed E-state index contributed by atoms with van der Waals surface area (Å²) in [6, 6.07) is 10.1. The molecule has 0 saturated carbocycles. The topological polar surface area (TPSA) is 68.2 Å². The average molecular weight is 286 g/mol. The molecule has 2 N–H and O–H groups in total. The molecule has 2 aromatic rings. The Hall–Kier alpha value is -1.88. The second-order valence-electron chi connectivity index (χ2n) is 5.61. The van der Waals surface area contributed by atoms with Crippen molar-refractivity contribution in [1.82, 2.24) is 10.1 Å². The van der Waals surface area contributed by atoms with Gasteiger partial charge in [0.05, 0.1) is 6.04 Å². The zero-order chi connectivity index (χ0) is 14.5. The van der Waals surface area contributed by atoms with Gasteiger partial charge in [-0.1, -0.05) is 30.3 Å². The zero-order valence-corrected chi connectivity index (χ0v) is 12.2. The molecule has 0 radical (unpaired) electrons. The van der Waals surface area contributed by atoms with Crippen molar-refractivity contribution in [3.8, 4) is 0 Å². The summed E-state index contributed by atoms with van der Waals surface area (Å²) < 4.78 is 5.34. The van der Waals surface area contributed by atoms with Gasteiger partial charge in [-0.3, -0.25) is 0 Å². The maximum atomic E-state index is 6.17. The maximum Gasteiger partial charge on any atom is 0.266 e. The second-order valence-corrected chi connectivity index (χ2v) is 5.61. The van der Waals surface area contributed by atoms with Gasteiger partial charge in [0, 0.05) is 13.1 Å². The van der Waals surface area contributed by atoms with Crippen molar-refractivity contribution in [3.63, 3.8) is 0 Å². The van der Waals surface area contributed by atoms with Gasteiger partial charge in [-0.15, -0.1) is 0 Å². The van der Waals surface area contributed by atoms with Crippen LogP contribution in [0.5, 0.6) is 0 Å². The quantitative estimate of drug-likeness (QED) is 0.915. The molecule has 0 spiro atoms. The van der Waals surface area contributed by atoms with Crippen LogP contribution in [0.4, 0.5) is 5.95 Å². The van der Waals surface area contributed by atoms with Gasteiger partial charge in [0.25, 0.3) is 5.95 Å². The summed E-state index contributed by atoms with van der Waals surface area (Å²) >= 11 is 0. The number of nitrogens with two attached hydrogens (primary N) is 1. The minimum atomic E-state index is -0.198. The number of rotatable bonds is 5. The van der Waals surface area contributed by atoms with Gasteiger partial charge in [0.15, 0.2) is 0 Å². The summed E-state index contributed by atoms with van der Waals surface area (Å²) in [6.45, 7) is 2.02. The van der Waals surface area contributed by atoms with Crippen LogP contribution in [0.25, 0.3) is 0 Å². The highest BCUT2D eigenvalue weighted by atomic mass is 16.5. The number of hydrogen-bond donors (Lipinski definition) is 1. The minimum absolute atomic E-state index is 0.198. The molecule has 1 saturated heterocycles. The fourth-order valence-corrected chi connectivity index (χ4v) is 2.69. The molecular weight excluding hydrogens is 264 g/mol. The lowest BCUT2D eigenvalue weighted by Gasteiger charge is -2.24. The second kappa shape index (κ2) is 6.72. The first-order valence-corrected chi connectivity index (χ1v) is 7.71. The molecule has 1 aliphatic heterocycles. The van der Waals surface area contributed by atoms with Crippen LogP contribution in [-0.4, -0.2) is 23.2 Å². The van der Waals surface area contributed by atoms with Gasteiger partial charge in [-0.25, -0.2) is 0 Å². The van der Waals surface area contributed by atoms with Gasteiger partial charge in [0.1, 0.15) is 0 Å². The predicted octanol–water partition coefficient (Wildman–Crippen LogP) is 2.69. The van der Waals surface area contributed by atoms with E-state index in [9.17, 15) is 0 Å². The zero-order valence-electron chi connectivity index (χ0n) is 12.2. The van der Waals surface area contributed by atoms with Crippen LogP contribution in [0, 0.1) is 0 Å². The SMILES string of the molecule is NC(CCc1ccccc1)c1nc(N2CCCCC2)no1. The molecule has 112 valence electrons. The van der Waals surface area contributed by atoms with E-state index in [1.165, 1.54) is 24.8 Å². The molecule has 21 heavy (non-hydrogen) atoms. The molecule has 1 unspecified atom stereocenters. The molecule has 5 nitrogen and oxygen atoms in total. The molecule has 1 atom stereocenters. The van der Waals surface area contributed by atoms with E-state index in [-0.39, 0.29) is 6.04 Å². The fourth-order valence-electron chi connectivity index (χ4n) is 2.69. The Morgan fingerprint density at radius 2 is 1.90 bits per heavy atom. The molecule has 0 amide bonds. The van der Waals surface area contributed by atoms with Crippen LogP contribution in [0.2, 0.25) is 0 Å². The third kappa shape index (κ3) is 3.61. The van der Waals surface area contributed by atoms with Crippen LogP contribution in [-0.2, 0) is 6.42 Å². The summed E-state index contributed by atoms with van der Waals surface area (Å²) in [6.07, 6.45) is 5.42. The lowest BCUT2D eigenvalue weighted by atomic mass is 10.1. The van der Waals surface area contributed by atoms with Crippen molar-refractivity contribution >= 4 is 5.95 Å². The molecule has 5 heteroatoms. The van der Waals surface area contributed by atoms with E-state index in [1.54, 1.807) is 0 Å². The molecule has 1 aromatic carbocycles. The number of hydrogen-bond acceptors (Lipinski definition) is 5. The van der Waals surface area contributed by atoms with Gasteiger partial charge in [-0.05, 0) is 42.8 Å². The Balaban J connectivity index is 1.57. The van der Waals surface area contributed by atoms with Gasteiger partial charge in [0.2, 0.25) is 5.89 Å². The summed E-state index contributed by atoms with van der Waals surface area (Å²) in [5, 5.41) is 4.08. The highest BCUT2D eigenvalue weighted by Gasteiger charge is 2.19. The monoisotopic (exact) mass is 286 g/mol. The van der Waals surface area contributed by atoms with Gasteiger partial charge in [-0.2, -0.15) is 4.98 Å². The molecule has 0 aliphatic carbocycles. The summed E-state index contributed by atoms with van der Waals surface area (Å²) in [7, 11) is 0. The number of anilines is 1. The van der Waals surface area contributed by atoms with Gasteiger partial charge >= 0.3 is 0 Å². The summed E-state index contributed by atoms with van der Waals surface area (Å²) in [5.41, 5.74) is 7.45. The number of nitrogens with zero attached hydrogens (tertiary/aromatic N) is 3. The first-order valence-electron chi connectivity index (χ1n) is 7.71. The third-order valence-electron chi connectivity index (χ3n) is 3.97. The highest BCUT2D eigenvalue weighted by Crippen LogP contribution is 2.20. The van der Waals surface area contributed by atoms with Crippen LogP contribution in [0.3, 0.4) is 0 Å². The smallest absolute Gasteiger partial charge is 0.266 e. The van der Waals surface area contributed by atoms with Crippen molar-refractivity contribution in [2.75, 3.05) is 18.0 Å². The van der Waals surface area contributed by atoms with E-state index in [1.807, 2.05) is 18.2 Å². The van der Waals surface area contributed by atoms with E-state index in [0.717, 1.165) is 25.9 Å². The normalized spacial score (nSPS) is 16.9. The number of piperidine rings is 1. The Labute approximate surface area is 125 Å². The Morgan fingerprint density at radius 3 is 2.67 bits per heavy atom. The third-order valence-corrected chi connectivity index (χ3v) is 3.97. The Kier molecular flexibility index (Phi) is 4.50. The number of aryl methyl sites for hydroxylation is 1. The average Bonchev–Trinajstić information content (AvgIpc) is 3.04. The van der Waals surface area contributed by atoms with Crippen molar-refractivity contribution in [1.29, 1.82) is 0 Å². The largest absolute Gasteiger partial charge is 0.338 e. The molecule has 1 fully saturated rings. The number of aromatic nitrogens is 2. The summed E-state index contributed by atoms with van der Waals surface area (Å²) in [4.78, 5) is 6.65. The first kappa shape index (κ1) is 14.1. The van der Waals surface area contributed by atoms with Crippen LogP contribution in [0.15, 0.2) is 34.9 Å². The Morgan fingerprint density at radius 1 is 1.14 bits per heavy atom. The van der Waals surface area contributed by atoms with E-state index in [4.69, 9.17) is 10.3 Å². The molecule has 1 aromatic heterocycles. The number of benzene rings is 1. The molecule has 0 bridgehead atoms. The van der Waals surface area contributed by atoms with Crippen LogP contribution < -0.4 is 10.6 Å². The predicted molar refractivity (Wildman–Crippen MR) is 82.1 cm³/mol.